The van der Waals surface area contributed by atoms with Crippen LogP contribution in [0.1, 0.15) is 12.8 Å². The summed E-state index contributed by atoms with van der Waals surface area (Å²) in [5.74, 6) is 0.802. The maximum Gasteiger partial charge on any atom is 0.190 e. The van der Waals surface area contributed by atoms with Crippen LogP contribution in [0.3, 0.4) is 0 Å². The molecule has 0 saturated carbocycles. The van der Waals surface area contributed by atoms with Gasteiger partial charge in [-0.15, -0.1) is 0 Å². The summed E-state index contributed by atoms with van der Waals surface area (Å²) in [5, 5.41) is 4.54. The molecule has 2 heterocycles. The van der Waals surface area contributed by atoms with Crippen LogP contribution in [0.25, 0.3) is 0 Å². The Bertz CT molecular complexity index is 358. The Morgan fingerprint density at radius 2 is 2.19 bits per heavy atom. The predicted molar refractivity (Wildman–Crippen MR) is 66.3 cm³/mol. The number of hydrogen-bond acceptors (Lipinski definition) is 5. The number of rotatable bonds is 3. The second-order valence-electron chi connectivity index (χ2n) is 3.59. The van der Waals surface area contributed by atoms with Gasteiger partial charge in [-0.25, -0.2) is 9.97 Å². The summed E-state index contributed by atoms with van der Waals surface area (Å²) in [6.07, 6.45) is 3.95. The molecule has 0 aromatic carbocycles. The lowest BCUT2D eigenvalue weighted by Crippen LogP contribution is -2.28. The van der Waals surface area contributed by atoms with Crippen LogP contribution in [0.4, 0.5) is 5.82 Å². The van der Waals surface area contributed by atoms with Crippen molar-refractivity contribution in [3.63, 3.8) is 0 Å². The Morgan fingerprint density at radius 1 is 1.44 bits per heavy atom. The van der Waals surface area contributed by atoms with Gasteiger partial charge in [0.05, 0.1) is 0 Å². The molecular formula is C10H14ClN3OS. The zero-order valence-corrected chi connectivity index (χ0v) is 10.6. The minimum atomic E-state index is 0.425. The van der Waals surface area contributed by atoms with Crippen LogP contribution >= 0.6 is 23.4 Å². The van der Waals surface area contributed by atoms with Gasteiger partial charge in [-0.2, -0.15) is 0 Å². The largest absolute Gasteiger partial charge is 0.381 e. The predicted octanol–water partition coefficient (Wildman–Crippen LogP) is 2.44. The Morgan fingerprint density at radius 3 is 2.88 bits per heavy atom. The van der Waals surface area contributed by atoms with Crippen molar-refractivity contribution in [3.8, 4) is 0 Å². The van der Waals surface area contributed by atoms with Crippen molar-refractivity contribution in [1.82, 2.24) is 9.97 Å². The molecule has 1 aliphatic rings. The number of nitrogens with one attached hydrogen (secondary N) is 1. The second kappa shape index (κ2) is 5.70. The van der Waals surface area contributed by atoms with Crippen molar-refractivity contribution in [1.29, 1.82) is 0 Å². The minimum absolute atomic E-state index is 0.425. The van der Waals surface area contributed by atoms with E-state index in [1.165, 1.54) is 11.8 Å². The quantitative estimate of drug-likeness (QED) is 0.513. The molecule has 1 fully saturated rings. The number of halogens is 1. The van der Waals surface area contributed by atoms with Crippen LogP contribution in [0.2, 0.25) is 5.15 Å². The highest BCUT2D eigenvalue weighted by Crippen LogP contribution is 2.19. The van der Waals surface area contributed by atoms with Gasteiger partial charge in [0.15, 0.2) is 5.16 Å². The highest BCUT2D eigenvalue weighted by molar-refractivity contribution is 7.98. The first-order valence-electron chi connectivity index (χ1n) is 5.21. The molecule has 0 bridgehead atoms. The molecule has 0 unspecified atom stereocenters. The normalized spacial score (nSPS) is 17.4. The fourth-order valence-electron chi connectivity index (χ4n) is 1.61. The third-order valence-electron chi connectivity index (χ3n) is 2.43. The number of aromatic nitrogens is 2. The van der Waals surface area contributed by atoms with Crippen molar-refractivity contribution in [3.05, 3.63) is 11.2 Å². The van der Waals surface area contributed by atoms with Crippen LogP contribution in [0.5, 0.6) is 0 Å². The zero-order valence-electron chi connectivity index (χ0n) is 9.07. The Hall–Kier alpha value is -0.520. The van der Waals surface area contributed by atoms with E-state index < -0.39 is 0 Å². The van der Waals surface area contributed by atoms with Gasteiger partial charge in [-0.1, -0.05) is 23.4 Å². The van der Waals surface area contributed by atoms with Gasteiger partial charge in [-0.3, -0.25) is 0 Å². The van der Waals surface area contributed by atoms with Gasteiger partial charge in [0.1, 0.15) is 11.0 Å². The number of ether oxygens (including phenoxy) is 1. The standard InChI is InChI=1S/C10H14ClN3OS/c1-16-10-13-8(11)6-9(14-10)12-7-2-4-15-5-3-7/h6-7H,2-5H2,1H3,(H,12,13,14). The summed E-state index contributed by atoms with van der Waals surface area (Å²) >= 11 is 7.41. The lowest BCUT2D eigenvalue weighted by atomic mass is 10.1. The molecule has 1 aromatic rings. The van der Waals surface area contributed by atoms with Gasteiger partial charge in [-0.05, 0) is 19.1 Å². The van der Waals surface area contributed by atoms with Crippen molar-refractivity contribution >= 4 is 29.2 Å². The first kappa shape index (κ1) is 12.0. The van der Waals surface area contributed by atoms with Crippen molar-refractivity contribution < 1.29 is 4.74 Å². The average Bonchev–Trinajstić information content (AvgIpc) is 2.29. The molecule has 6 heteroatoms. The van der Waals surface area contributed by atoms with E-state index in [1.807, 2.05) is 6.26 Å². The fraction of sp³-hybridized carbons (Fsp3) is 0.600. The molecule has 0 spiro atoms. The van der Waals surface area contributed by atoms with Gasteiger partial charge in [0, 0.05) is 25.3 Å². The molecular weight excluding hydrogens is 246 g/mol. The monoisotopic (exact) mass is 259 g/mol. The number of hydrogen-bond donors (Lipinski definition) is 1. The van der Waals surface area contributed by atoms with Crippen LogP contribution in [0, 0.1) is 0 Å². The van der Waals surface area contributed by atoms with E-state index in [-0.39, 0.29) is 0 Å². The SMILES string of the molecule is CSc1nc(Cl)cc(NC2CCOCC2)n1. The second-order valence-corrected chi connectivity index (χ2v) is 4.75. The van der Waals surface area contributed by atoms with Crippen LogP contribution in [-0.2, 0) is 4.74 Å². The first-order valence-corrected chi connectivity index (χ1v) is 6.81. The van der Waals surface area contributed by atoms with Gasteiger partial charge in [0.2, 0.25) is 0 Å². The molecule has 0 atom stereocenters. The average molecular weight is 260 g/mol. The maximum absolute atomic E-state index is 5.92. The zero-order chi connectivity index (χ0) is 11.4. The molecule has 4 nitrogen and oxygen atoms in total. The number of nitrogens with zero attached hydrogens (tertiary/aromatic N) is 2. The van der Waals surface area contributed by atoms with E-state index >= 15 is 0 Å². The summed E-state index contributed by atoms with van der Waals surface area (Å²) in [4.78, 5) is 8.46. The molecule has 1 aromatic heterocycles. The fourth-order valence-corrected chi connectivity index (χ4v) is 2.23. The summed E-state index contributed by atoms with van der Waals surface area (Å²) in [6, 6.07) is 2.19. The summed E-state index contributed by atoms with van der Waals surface area (Å²) in [5.41, 5.74) is 0. The Labute approximate surface area is 104 Å². The van der Waals surface area contributed by atoms with E-state index in [1.54, 1.807) is 6.07 Å². The van der Waals surface area contributed by atoms with Gasteiger partial charge in [0.25, 0.3) is 0 Å². The highest BCUT2D eigenvalue weighted by Gasteiger charge is 2.14. The van der Waals surface area contributed by atoms with E-state index in [0.717, 1.165) is 31.9 Å². The third kappa shape index (κ3) is 3.23. The summed E-state index contributed by atoms with van der Waals surface area (Å²) in [6.45, 7) is 1.62. The van der Waals surface area contributed by atoms with Crippen LogP contribution in [0.15, 0.2) is 11.2 Å². The first-order chi connectivity index (χ1) is 7.78. The molecule has 0 amide bonds. The Kier molecular flexibility index (Phi) is 4.26. The van der Waals surface area contributed by atoms with Crippen LogP contribution in [-0.4, -0.2) is 35.5 Å². The topological polar surface area (TPSA) is 47.0 Å². The van der Waals surface area contributed by atoms with E-state index in [9.17, 15) is 0 Å². The van der Waals surface area contributed by atoms with Crippen molar-refractivity contribution in [2.24, 2.45) is 0 Å². The number of anilines is 1. The molecule has 88 valence electrons. The molecule has 2 rings (SSSR count). The maximum atomic E-state index is 5.92. The molecule has 1 saturated heterocycles. The lowest BCUT2D eigenvalue weighted by Gasteiger charge is -2.23. The van der Waals surface area contributed by atoms with Crippen LogP contribution < -0.4 is 5.32 Å². The smallest absolute Gasteiger partial charge is 0.190 e. The molecule has 1 aliphatic heterocycles. The summed E-state index contributed by atoms with van der Waals surface area (Å²) in [7, 11) is 0. The highest BCUT2D eigenvalue weighted by atomic mass is 35.5. The van der Waals surface area contributed by atoms with Gasteiger partial charge >= 0.3 is 0 Å². The van der Waals surface area contributed by atoms with Crippen molar-refractivity contribution in [2.75, 3.05) is 24.8 Å². The third-order valence-corrected chi connectivity index (χ3v) is 3.17. The number of thioether (sulfide) groups is 1. The molecule has 0 aliphatic carbocycles. The summed E-state index contributed by atoms with van der Waals surface area (Å²) < 4.78 is 5.30. The van der Waals surface area contributed by atoms with E-state index in [2.05, 4.69) is 15.3 Å². The van der Waals surface area contributed by atoms with E-state index in [0.29, 0.717) is 16.4 Å². The van der Waals surface area contributed by atoms with Crippen molar-refractivity contribution in [2.45, 2.75) is 24.0 Å². The Balaban J connectivity index is 2.04. The molecule has 0 radical (unpaired) electrons. The van der Waals surface area contributed by atoms with E-state index in [4.69, 9.17) is 16.3 Å². The molecule has 1 N–H and O–H groups in total. The molecule has 16 heavy (non-hydrogen) atoms. The minimum Gasteiger partial charge on any atom is -0.381 e. The van der Waals surface area contributed by atoms with Gasteiger partial charge < -0.3 is 10.1 Å². The lowest BCUT2D eigenvalue weighted by molar-refractivity contribution is 0.0904.